The molecule has 12 heavy (non-hydrogen) atoms. The number of para-hydroxylation sites is 1. The van der Waals surface area contributed by atoms with Crippen molar-refractivity contribution < 1.29 is 0 Å². The van der Waals surface area contributed by atoms with Crippen LogP contribution in [0.2, 0.25) is 0 Å². The summed E-state index contributed by atoms with van der Waals surface area (Å²) in [4.78, 5) is 4.01. The second-order valence-corrected chi connectivity index (χ2v) is 1.94. The van der Waals surface area contributed by atoms with Gasteiger partial charge in [0.15, 0.2) is 0 Å². The van der Waals surface area contributed by atoms with Gasteiger partial charge >= 0.3 is 0 Å². The van der Waals surface area contributed by atoms with Gasteiger partial charge < -0.3 is 0 Å². The summed E-state index contributed by atoms with van der Waals surface area (Å²) in [7, 11) is 0. The molecule has 1 rings (SSSR count). The van der Waals surface area contributed by atoms with Gasteiger partial charge in [-0.05, 0) is 25.5 Å². The largest absolute Gasteiger partial charge is 0.261 e. The first kappa shape index (κ1) is 10.9. The third-order valence-electron chi connectivity index (χ3n) is 1.22. The molecule has 0 aliphatic rings. The number of nitrogens with zero attached hydrogens (tertiary/aromatic N) is 1. The Morgan fingerprint density at radius 3 is 2.33 bits per heavy atom. The lowest BCUT2D eigenvalue weighted by molar-refractivity contribution is 1.49. The average Bonchev–Trinajstić information content (AvgIpc) is 2.13. The van der Waals surface area contributed by atoms with Crippen LogP contribution in [-0.4, -0.2) is 6.21 Å². The van der Waals surface area contributed by atoms with Crippen LogP contribution in [0.25, 0.3) is 0 Å². The summed E-state index contributed by atoms with van der Waals surface area (Å²) in [6.45, 7) is 11.3. The minimum absolute atomic E-state index is 0.887. The molecule has 1 heteroatoms. The van der Waals surface area contributed by atoms with Gasteiger partial charge in [0.1, 0.15) is 0 Å². The molecule has 0 N–H and O–H groups in total. The number of hydrogen-bond donors (Lipinski definition) is 0. The molecule has 0 aliphatic carbocycles. The van der Waals surface area contributed by atoms with Crippen LogP contribution >= 0.6 is 0 Å². The van der Waals surface area contributed by atoms with Gasteiger partial charge in [0.05, 0.1) is 5.69 Å². The lowest BCUT2D eigenvalue weighted by atomic mass is 10.2. The van der Waals surface area contributed by atoms with Gasteiger partial charge in [-0.15, -0.1) is 0 Å². The molecule has 1 aromatic rings. The predicted molar refractivity (Wildman–Crippen MR) is 55.8 cm³/mol. The van der Waals surface area contributed by atoms with Crippen LogP contribution in [0.5, 0.6) is 0 Å². The van der Waals surface area contributed by atoms with Gasteiger partial charge in [0.25, 0.3) is 0 Å². The quantitative estimate of drug-likeness (QED) is 0.559. The summed E-state index contributed by atoms with van der Waals surface area (Å²) in [5.74, 6) is 0. The second kappa shape index (κ2) is 6.59. The maximum absolute atomic E-state index is 4.01. The van der Waals surface area contributed by atoms with Gasteiger partial charge in [0, 0.05) is 6.21 Å². The van der Waals surface area contributed by atoms with Crippen LogP contribution in [-0.2, 0) is 0 Å². The van der Waals surface area contributed by atoms with E-state index >= 15 is 0 Å². The lowest BCUT2D eigenvalue weighted by Crippen LogP contribution is -1.71. The molecule has 0 bridgehead atoms. The van der Waals surface area contributed by atoms with Crippen molar-refractivity contribution in [3.63, 3.8) is 0 Å². The first-order chi connectivity index (χ1) is 5.84. The van der Waals surface area contributed by atoms with Crippen molar-refractivity contribution in [3.05, 3.63) is 43.7 Å². The molecule has 0 spiro atoms. The first-order valence-corrected chi connectivity index (χ1v) is 4.07. The zero-order valence-electron chi connectivity index (χ0n) is 7.75. The summed E-state index contributed by atoms with van der Waals surface area (Å²) < 4.78 is 0. The van der Waals surface area contributed by atoms with Crippen molar-refractivity contribution in [3.8, 4) is 0 Å². The van der Waals surface area contributed by atoms with E-state index in [4.69, 9.17) is 0 Å². The number of aliphatic imine (C=N–C) groups is 1. The summed E-state index contributed by atoms with van der Waals surface area (Å²) in [6, 6.07) is 7.69. The van der Waals surface area contributed by atoms with E-state index in [1.54, 1.807) is 0 Å². The fraction of sp³-hybridized carbons (Fsp3) is 0.182. The third-order valence-corrected chi connectivity index (χ3v) is 1.22. The molecule has 64 valence electrons. The highest BCUT2D eigenvalue weighted by Gasteiger charge is 1.89. The zero-order chi connectivity index (χ0) is 9.40. The molecule has 0 aliphatic heterocycles. The normalized spacial score (nSPS) is 9.33. The number of rotatable bonds is 1. The molecule has 0 heterocycles. The van der Waals surface area contributed by atoms with Crippen molar-refractivity contribution in [1.29, 1.82) is 0 Å². The molecule has 1 aromatic carbocycles. The van der Waals surface area contributed by atoms with E-state index in [9.17, 15) is 0 Å². The molecule has 0 atom stereocenters. The van der Waals surface area contributed by atoms with Gasteiger partial charge in [-0.1, -0.05) is 32.0 Å². The molecule has 2 radical (unpaired) electrons. The van der Waals surface area contributed by atoms with E-state index in [0.717, 1.165) is 11.3 Å². The Balaban J connectivity index is 0.000000561. The maximum Gasteiger partial charge on any atom is 0.0657 e. The fourth-order valence-electron chi connectivity index (χ4n) is 0.735. The van der Waals surface area contributed by atoms with E-state index in [1.165, 1.54) is 6.21 Å². The summed E-state index contributed by atoms with van der Waals surface area (Å²) in [5.41, 5.74) is 1.82. The predicted octanol–water partition coefficient (Wildman–Crippen LogP) is 3.43. The summed E-state index contributed by atoms with van der Waals surface area (Å²) >= 11 is 0. The Bertz CT molecular complexity index is 239. The molecule has 0 unspecified atom stereocenters. The molecule has 0 saturated heterocycles. The first-order valence-electron chi connectivity index (χ1n) is 4.07. The fourth-order valence-corrected chi connectivity index (χ4v) is 0.735. The summed E-state index contributed by atoms with van der Waals surface area (Å²) in [5, 5.41) is 0. The standard InChI is InChI=1S/C9H9N.C2H6/c1-3-10-9-7-5-4-6-8(9)2;1-2/h3-7H,1-2H2;1-2H3. The summed E-state index contributed by atoms with van der Waals surface area (Å²) in [6.07, 6.45) is 1.52. The van der Waals surface area contributed by atoms with E-state index < -0.39 is 0 Å². The molecular weight excluding hydrogens is 146 g/mol. The highest BCUT2D eigenvalue weighted by Crippen LogP contribution is 2.15. The Labute approximate surface area is 75.2 Å². The van der Waals surface area contributed by atoms with Crippen molar-refractivity contribution in [2.45, 2.75) is 13.8 Å². The monoisotopic (exact) mass is 161 g/mol. The van der Waals surface area contributed by atoms with Crippen molar-refractivity contribution in [1.82, 2.24) is 0 Å². The van der Waals surface area contributed by atoms with Crippen LogP contribution in [0, 0.1) is 13.8 Å². The van der Waals surface area contributed by atoms with E-state index in [1.807, 2.05) is 38.1 Å². The molecule has 0 aromatic heterocycles. The number of benzene rings is 1. The zero-order valence-corrected chi connectivity index (χ0v) is 7.75. The minimum Gasteiger partial charge on any atom is -0.261 e. The lowest BCUT2D eigenvalue weighted by Gasteiger charge is -1.95. The Kier molecular flexibility index (Phi) is 5.98. The van der Waals surface area contributed by atoms with E-state index in [2.05, 4.69) is 18.8 Å². The van der Waals surface area contributed by atoms with Crippen LogP contribution in [0.3, 0.4) is 0 Å². The smallest absolute Gasteiger partial charge is 0.0657 e. The second-order valence-electron chi connectivity index (χ2n) is 1.94. The van der Waals surface area contributed by atoms with Crippen LogP contribution in [0.15, 0.2) is 29.3 Å². The van der Waals surface area contributed by atoms with Crippen molar-refractivity contribution in [2.24, 2.45) is 4.99 Å². The molecule has 0 amide bonds. The topological polar surface area (TPSA) is 12.4 Å². The molecule has 0 saturated carbocycles. The van der Waals surface area contributed by atoms with Crippen LogP contribution in [0.1, 0.15) is 19.4 Å². The third kappa shape index (κ3) is 3.33. The molecule has 0 fully saturated rings. The highest BCUT2D eigenvalue weighted by molar-refractivity contribution is 5.68. The van der Waals surface area contributed by atoms with Crippen LogP contribution < -0.4 is 0 Å². The minimum atomic E-state index is 0.887. The SMILES string of the molecule is CC.[CH2]C=Nc1ccccc1[CH2]. The van der Waals surface area contributed by atoms with Gasteiger partial charge in [-0.25, -0.2) is 0 Å². The maximum atomic E-state index is 4.01. The van der Waals surface area contributed by atoms with Crippen molar-refractivity contribution >= 4 is 11.9 Å². The van der Waals surface area contributed by atoms with Gasteiger partial charge in [-0.2, -0.15) is 0 Å². The van der Waals surface area contributed by atoms with Crippen LogP contribution in [0.4, 0.5) is 5.69 Å². The Morgan fingerprint density at radius 1 is 1.25 bits per heavy atom. The average molecular weight is 161 g/mol. The number of hydrogen-bond acceptors (Lipinski definition) is 1. The Hall–Kier alpha value is -1.11. The van der Waals surface area contributed by atoms with Gasteiger partial charge in [-0.3, -0.25) is 4.99 Å². The highest BCUT2D eigenvalue weighted by atomic mass is 14.7. The Morgan fingerprint density at radius 2 is 1.83 bits per heavy atom. The van der Waals surface area contributed by atoms with Crippen molar-refractivity contribution in [2.75, 3.05) is 0 Å². The molecular formula is C11H15N. The van der Waals surface area contributed by atoms with E-state index in [-0.39, 0.29) is 0 Å². The van der Waals surface area contributed by atoms with E-state index in [0.29, 0.717) is 0 Å². The molecule has 1 nitrogen and oxygen atoms in total. The van der Waals surface area contributed by atoms with Gasteiger partial charge in [0.2, 0.25) is 0 Å².